The van der Waals surface area contributed by atoms with Crippen LogP contribution in [0.25, 0.3) is 0 Å². The maximum absolute atomic E-state index is 10.7. The Morgan fingerprint density at radius 1 is 1.06 bits per heavy atom. The summed E-state index contributed by atoms with van der Waals surface area (Å²) in [5.74, 6) is 0. The maximum Gasteiger partial charge on any atom is 0.209 e. The second kappa shape index (κ2) is 5.53. The molecule has 0 aromatic heterocycles. The quantitative estimate of drug-likeness (QED) is 0.760. The van der Waals surface area contributed by atoms with E-state index in [0.717, 1.165) is 39.1 Å². The van der Waals surface area contributed by atoms with Crippen molar-refractivity contribution in [2.45, 2.75) is 27.3 Å². The number of amides is 1. The molecule has 1 fully saturated rings. The van der Waals surface area contributed by atoms with Crippen molar-refractivity contribution in [2.24, 2.45) is 0 Å². The first-order valence-corrected chi connectivity index (χ1v) is 6.58. The van der Waals surface area contributed by atoms with Gasteiger partial charge in [-0.25, -0.2) is 0 Å². The Balaban J connectivity index is 2.00. The average molecular weight is 246 g/mol. The molecule has 1 heterocycles. The predicted octanol–water partition coefficient (Wildman–Crippen LogP) is 1.89. The van der Waals surface area contributed by atoms with E-state index in [0.29, 0.717) is 0 Å². The first kappa shape index (κ1) is 13.1. The SMILES string of the molecule is Cc1cc(CN2CCN(C=O)CC2)cc(C)c1C. The molecular weight excluding hydrogens is 224 g/mol. The number of aryl methyl sites for hydroxylation is 2. The molecule has 3 heteroatoms. The third-order valence-corrected chi connectivity index (χ3v) is 3.95. The van der Waals surface area contributed by atoms with E-state index in [1.165, 1.54) is 22.3 Å². The van der Waals surface area contributed by atoms with Gasteiger partial charge in [-0.15, -0.1) is 0 Å². The van der Waals surface area contributed by atoms with Crippen LogP contribution < -0.4 is 0 Å². The fraction of sp³-hybridized carbons (Fsp3) is 0.533. The number of piperazine rings is 1. The van der Waals surface area contributed by atoms with Crippen molar-refractivity contribution in [1.29, 1.82) is 0 Å². The van der Waals surface area contributed by atoms with Crippen LogP contribution in [0.15, 0.2) is 12.1 Å². The number of hydrogen-bond donors (Lipinski definition) is 0. The van der Waals surface area contributed by atoms with Gasteiger partial charge in [0.05, 0.1) is 0 Å². The summed E-state index contributed by atoms with van der Waals surface area (Å²) >= 11 is 0. The number of carbonyl (C=O) groups is 1. The lowest BCUT2D eigenvalue weighted by Gasteiger charge is -2.32. The van der Waals surface area contributed by atoms with Gasteiger partial charge in [0.15, 0.2) is 0 Å². The summed E-state index contributed by atoms with van der Waals surface area (Å²) in [5.41, 5.74) is 5.52. The van der Waals surface area contributed by atoms with Gasteiger partial charge in [-0.1, -0.05) is 12.1 Å². The third kappa shape index (κ3) is 2.91. The third-order valence-electron chi connectivity index (χ3n) is 3.95. The molecule has 0 spiro atoms. The summed E-state index contributed by atoms with van der Waals surface area (Å²) in [7, 11) is 0. The molecule has 1 aliphatic heterocycles. The van der Waals surface area contributed by atoms with Crippen LogP contribution in [0.4, 0.5) is 0 Å². The summed E-state index contributed by atoms with van der Waals surface area (Å²) in [4.78, 5) is 14.9. The Hall–Kier alpha value is -1.35. The molecule has 1 aromatic carbocycles. The number of benzene rings is 1. The average Bonchev–Trinajstić information content (AvgIpc) is 2.37. The minimum Gasteiger partial charge on any atom is -0.343 e. The van der Waals surface area contributed by atoms with E-state index in [9.17, 15) is 4.79 Å². The van der Waals surface area contributed by atoms with Crippen molar-refractivity contribution in [3.8, 4) is 0 Å². The van der Waals surface area contributed by atoms with Crippen LogP contribution in [0.5, 0.6) is 0 Å². The molecule has 1 amide bonds. The smallest absolute Gasteiger partial charge is 0.209 e. The highest BCUT2D eigenvalue weighted by atomic mass is 16.1. The zero-order chi connectivity index (χ0) is 13.1. The van der Waals surface area contributed by atoms with Crippen LogP contribution in [-0.4, -0.2) is 42.4 Å². The Labute approximate surface area is 109 Å². The molecular formula is C15H22N2O. The molecule has 0 N–H and O–H groups in total. The second-order valence-corrected chi connectivity index (χ2v) is 5.27. The molecule has 0 saturated carbocycles. The lowest BCUT2D eigenvalue weighted by atomic mass is 10.0. The molecule has 98 valence electrons. The number of carbonyl (C=O) groups excluding carboxylic acids is 1. The Morgan fingerprint density at radius 2 is 1.61 bits per heavy atom. The molecule has 0 bridgehead atoms. The van der Waals surface area contributed by atoms with E-state index in [4.69, 9.17) is 0 Å². The highest BCUT2D eigenvalue weighted by Crippen LogP contribution is 2.17. The van der Waals surface area contributed by atoms with Gasteiger partial charge in [-0.05, 0) is 43.0 Å². The van der Waals surface area contributed by atoms with Crippen molar-refractivity contribution in [3.05, 3.63) is 34.4 Å². The van der Waals surface area contributed by atoms with Crippen molar-refractivity contribution >= 4 is 6.41 Å². The molecule has 0 unspecified atom stereocenters. The van der Waals surface area contributed by atoms with E-state index >= 15 is 0 Å². The normalized spacial score (nSPS) is 16.9. The molecule has 0 aliphatic carbocycles. The molecule has 0 radical (unpaired) electrons. The molecule has 1 aliphatic rings. The van der Waals surface area contributed by atoms with E-state index < -0.39 is 0 Å². The van der Waals surface area contributed by atoms with Gasteiger partial charge in [0.2, 0.25) is 6.41 Å². The second-order valence-electron chi connectivity index (χ2n) is 5.27. The van der Waals surface area contributed by atoms with Crippen LogP contribution >= 0.6 is 0 Å². The molecule has 1 aromatic rings. The molecule has 3 nitrogen and oxygen atoms in total. The summed E-state index contributed by atoms with van der Waals surface area (Å²) in [5, 5.41) is 0. The van der Waals surface area contributed by atoms with Gasteiger partial charge in [0, 0.05) is 32.7 Å². The number of hydrogen-bond acceptors (Lipinski definition) is 2. The van der Waals surface area contributed by atoms with Gasteiger partial charge in [-0.2, -0.15) is 0 Å². The van der Waals surface area contributed by atoms with E-state index in [-0.39, 0.29) is 0 Å². The van der Waals surface area contributed by atoms with Crippen molar-refractivity contribution < 1.29 is 4.79 Å². The highest BCUT2D eigenvalue weighted by Gasteiger charge is 2.15. The summed E-state index contributed by atoms with van der Waals surface area (Å²) in [6.07, 6.45) is 0.956. The van der Waals surface area contributed by atoms with Crippen molar-refractivity contribution in [3.63, 3.8) is 0 Å². The maximum atomic E-state index is 10.7. The Bertz CT molecular complexity index is 411. The highest BCUT2D eigenvalue weighted by molar-refractivity contribution is 5.47. The minimum absolute atomic E-state index is 0.854. The van der Waals surface area contributed by atoms with Crippen LogP contribution in [0, 0.1) is 20.8 Å². The standard InChI is InChI=1S/C15H22N2O/c1-12-8-15(9-13(2)14(12)3)10-16-4-6-17(11-18)7-5-16/h8-9,11H,4-7,10H2,1-3H3. The van der Waals surface area contributed by atoms with Crippen LogP contribution in [0.2, 0.25) is 0 Å². The van der Waals surface area contributed by atoms with Gasteiger partial charge < -0.3 is 4.90 Å². The summed E-state index contributed by atoms with van der Waals surface area (Å²) in [6.45, 7) is 11.2. The first-order chi connectivity index (χ1) is 8.60. The number of nitrogens with zero attached hydrogens (tertiary/aromatic N) is 2. The minimum atomic E-state index is 0.854. The van der Waals surface area contributed by atoms with Gasteiger partial charge in [-0.3, -0.25) is 9.69 Å². The molecule has 0 atom stereocenters. The lowest BCUT2D eigenvalue weighted by Crippen LogP contribution is -2.45. The zero-order valence-corrected chi connectivity index (χ0v) is 11.6. The van der Waals surface area contributed by atoms with Gasteiger partial charge in [0.1, 0.15) is 0 Å². The van der Waals surface area contributed by atoms with Crippen molar-refractivity contribution in [1.82, 2.24) is 9.80 Å². The molecule has 1 saturated heterocycles. The van der Waals surface area contributed by atoms with E-state index in [1.807, 2.05) is 4.90 Å². The van der Waals surface area contributed by atoms with Gasteiger partial charge in [0.25, 0.3) is 0 Å². The Kier molecular flexibility index (Phi) is 4.02. The summed E-state index contributed by atoms with van der Waals surface area (Å²) < 4.78 is 0. The number of rotatable bonds is 3. The topological polar surface area (TPSA) is 23.6 Å². The Morgan fingerprint density at radius 3 is 2.11 bits per heavy atom. The van der Waals surface area contributed by atoms with E-state index in [2.05, 4.69) is 37.8 Å². The fourth-order valence-electron chi connectivity index (χ4n) is 2.50. The van der Waals surface area contributed by atoms with Crippen LogP contribution in [0.1, 0.15) is 22.3 Å². The van der Waals surface area contributed by atoms with Gasteiger partial charge >= 0.3 is 0 Å². The zero-order valence-electron chi connectivity index (χ0n) is 11.6. The molecule has 2 rings (SSSR count). The lowest BCUT2D eigenvalue weighted by molar-refractivity contribution is -0.119. The van der Waals surface area contributed by atoms with E-state index in [1.54, 1.807) is 0 Å². The van der Waals surface area contributed by atoms with Crippen LogP contribution in [0.3, 0.4) is 0 Å². The van der Waals surface area contributed by atoms with Crippen LogP contribution in [-0.2, 0) is 11.3 Å². The van der Waals surface area contributed by atoms with Crippen molar-refractivity contribution in [2.75, 3.05) is 26.2 Å². The predicted molar refractivity (Wildman–Crippen MR) is 73.6 cm³/mol. The monoisotopic (exact) mass is 246 g/mol. The molecule has 18 heavy (non-hydrogen) atoms. The first-order valence-electron chi connectivity index (χ1n) is 6.58. The fourth-order valence-corrected chi connectivity index (χ4v) is 2.50. The summed E-state index contributed by atoms with van der Waals surface area (Å²) in [6, 6.07) is 4.57. The largest absolute Gasteiger partial charge is 0.343 e.